The van der Waals surface area contributed by atoms with Gasteiger partial charge in [0.15, 0.2) is 0 Å². The zero-order chi connectivity index (χ0) is 19.2. The van der Waals surface area contributed by atoms with Gasteiger partial charge in [-0.3, -0.25) is 9.69 Å². The molecule has 2 aromatic heterocycles. The van der Waals surface area contributed by atoms with Gasteiger partial charge in [-0.1, -0.05) is 30.3 Å². The molecular formula is C21H24N6O. The van der Waals surface area contributed by atoms with Gasteiger partial charge in [-0.2, -0.15) is 0 Å². The molecule has 7 nitrogen and oxygen atoms in total. The number of piperazine rings is 1. The highest BCUT2D eigenvalue weighted by Crippen LogP contribution is 2.11. The van der Waals surface area contributed by atoms with Crippen molar-refractivity contribution < 1.29 is 4.79 Å². The molecule has 0 radical (unpaired) electrons. The van der Waals surface area contributed by atoms with Crippen LogP contribution in [0.3, 0.4) is 0 Å². The molecule has 0 bridgehead atoms. The van der Waals surface area contributed by atoms with Crippen LogP contribution in [0.25, 0.3) is 0 Å². The van der Waals surface area contributed by atoms with Crippen molar-refractivity contribution in [2.75, 3.05) is 31.5 Å². The molecule has 28 heavy (non-hydrogen) atoms. The van der Waals surface area contributed by atoms with Crippen LogP contribution in [0.2, 0.25) is 0 Å². The number of hydrogen-bond donors (Lipinski definition) is 2. The predicted octanol–water partition coefficient (Wildman–Crippen LogP) is 2.37. The van der Waals surface area contributed by atoms with E-state index in [1.807, 2.05) is 47.6 Å². The molecule has 1 amide bonds. The fraction of sp³-hybridized carbons (Fsp3) is 0.286. The minimum absolute atomic E-state index is 0.0711. The highest BCUT2D eigenvalue weighted by molar-refractivity contribution is 5.92. The fourth-order valence-electron chi connectivity index (χ4n) is 3.31. The van der Waals surface area contributed by atoms with E-state index in [0.717, 1.165) is 38.3 Å². The number of rotatable bonds is 6. The number of anilines is 1. The molecular weight excluding hydrogens is 352 g/mol. The van der Waals surface area contributed by atoms with Crippen molar-refractivity contribution >= 4 is 11.9 Å². The van der Waals surface area contributed by atoms with Crippen molar-refractivity contribution in [3.05, 3.63) is 77.9 Å². The third-order valence-electron chi connectivity index (χ3n) is 4.89. The molecule has 0 spiro atoms. The first kappa shape index (κ1) is 18.2. The molecule has 0 saturated carbocycles. The third kappa shape index (κ3) is 4.55. The average molecular weight is 376 g/mol. The minimum atomic E-state index is 0.0711. The van der Waals surface area contributed by atoms with E-state index < -0.39 is 0 Å². The van der Waals surface area contributed by atoms with E-state index in [-0.39, 0.29) is 5.91 Å². The fourth-order valence-corrected chi connectivity index (χ4v) is 3.31. The molecule has 144 valence electrons. The monoisotopic (exact) mass is 376 g/mol. The van der Waals surface area contributed by atoms with Crippen LogP contribution in [0, 0.1) is 0 Å². The molecule has 1 saturated heterocycles. The highest BCUT2D eigenvalue weighted by Gasteiger charge is 2.22. The summed E-state index contributed by atoms with van der Waals surface area (Å²) in [6.45, 7) is 4.66. The van der Waals surface area contributed by atoms with Crippen LogP contribution in [0.1, 0.15) is 21.6 Å². The van der Waals surface area contributed by atoms with Crippen LogP contribution in [-0.2, 0) is 13.1 Å². The molecule has 3 aromatic rings. The van der Waals surface area contributed by atoms with Crippen LogP contribution in [0.15, 0.2) is 61.1 Å². The summed E-state index contributed by atoms with van der Waals surface area (Å²) in [5.74, 6) is 0.704. The van der Waals surface area contributed by atoms with E-state index in [0.29, 0.717) is 18.2 Å². The first-order chi connectivity index (χ1) is 13.8. The Morgan fingerprint density at radius 3 is 2.39 bits per heavy atom. The summed E-state index contributed by atoms with van der Waals surface area (Å²) in [5, 5.41) is 3.24. The van der Waals surface area contributed by atoms with Gasteiger partial charge in [-0.05, 0) is 17.7 Å². The standard InChI is InChI=1S/C21H24N6O/c28-20(19-7-4-8-22-19)27-11-9-26(10-12-27)16-18-14-24-21(25-15-18)23-13-17-5-2-1-3-6-17/h1-8,14-15,22H,9-13,16H2,(H,23,24,25). The van der Waals surface area contributed by atoms with E-state index in [1.54, 1.807) is 6.20 Å². The average Bonchev–Trinajstić information content (AvgIpc) is 3.29. The lowest BCUT2D eigenvalue weighted by molar-refractivity contribution is 0.0623. The van der Waals surface area contributed by atoms with E-state index in [1.165, 1.54) is 5.56 Å². The van der Waals surface area contributed by atoms with E-state index in [9.17, 15) is 4.79 Å². The Balaban J connectivity index is 1.24. The Morgan fingerprint density at radius 2 is 1.71 bits per heavy atom. The van der Waals surface area contributed by atoms with Gasteiger partial charge in [0, 0.05) is 63.4 Å². The van der Waals surface area contributed by atoms with Gasteiger partial charge < -0.3 is 15.2 Å². The lowest BCUT2D eigenvalue weighted by atomic mass is 10.2. The normalized spacial score (nSPS) is 14.8. The van der Waals surface area contributed by atoms with Gasteiger partial charge in [0.1, 0.15) is 5.69 Å². The zero-order valence-electron chi connectivity index (χ0n) is 15.7. The van der Waals surface area contributed by atoms with Crippen molar-refractivity contribution in [1.29, 1.82) is 0 Å². The minimum Gasteiger partial charge on any atom is -0.357 e. The number of amides is 1. The Hall–Kier alpha value is -3.19. The number of aromatic nitrogens is 3. The van der Waals surface area contributed by atoms with Gasteiger partial charge in [-0.25, -0.2) is 9.97 Å². The molecule has 0 aliphatic carbocycles. The van der Waals surface area contributed by atoms with Gasteiger partial charge in [0.05, 0.1) is 0 Å². The van der Waals surface area contributed by atoms with Gasteiger partial charge in [0.25, 0.3) is 5.91 Å². The summed E-state index contributed by atoms with van der Waals surface area (Å²) < 4.78 is 0. The molecule has 0 atom stereocenters. The van der Waals surface area contributed by atoms with E-state index in [2.05, 4.69) is 37.3 Å². The molecule has 1 aromatic carbocycles. The van der Waals surface area contributed by atoms with Crippen molar-refractivity contribution in [3.8, 4) is 0 Å². The number of carbonyl (C=O) groups is 1. The smallest absolute Gasteiger partial charge is 0.270 e. The number of benzene rings is 1. The summed E-state index contributed by atoms with van der Waals surface area (Å²) in [7, 11) is 0. The molecule has 1 aliphatic heterocycles. The van der Waals surface area contributed by atoms with Crippen molar-refractivity contribution in [3.63, 3.8) is 0 Å². The van der Waals surface area contributed by atoms with Crippen LogP contribution >= 0.6 is 0 Å². The van der Waals surface area contributed by atoms with Gasteiger partial charge >= 0.3 is 0 Å². The second-order valence-corrected chi connectivity index (χ2v) is 6.91. The largest absolute Gasteiger partial charge is 0.357 e. The molecule has 1 aliphatic rings. The number of hydrogen-bond acceptors (Lipinski definition) is 5. The predicted molar refractivity (Wildman–Crippen MR) is 108 cm³/mol. The molecule has 1 fully saturated rings. The first-order valence-electron chi connectivity index (χ1n) is 9.52. The maximum atomic E-state index is 12.4. The second kappa shape index (κ2) is 8.67. The van der Waals surface area contributed by atoms with Gasteiger partial charge in [0.2, 0.25) is 5.95 Å². The molecule has 7 heteroatoms. The quantitative estimate of drug-likeness (QED) is 0.691. The highest BCUT2D eigenvalue weighted by atomic mass is 16.2. The number of nitrogens with zero attached hydrogens (tertiary/aromatic N) is 4. The van der Waals surface area contributed by atoms with Crippen molar-refractivity contribution in [1.82, 2.24) is 24.8 Å². The Morgan fingerprint density at radius 1 is 0.964 bits per heavy atom. The van der Waals surface area contributed by atoms with Crippen LogP contribution in [0.4, 0.5) is 5.95 Å². The Kier molecular flexibility index (Phi) is 5.63. The zero-order valence-corrected chi connectivity index (χ0v) is 15.7. The lowest BCUT2D eigenvalue weighted by Gasteiger charge is -2.34. The molecule has 4 rings (SSSR count). The summed E-state index contributed by atoms with van der Waals surface area (Å²) in [5.41, 5.74) is 2.93. The summed E-state index contributed by atoms with van der Waals surface area (Å²) in [6.07, 6.45) is 5.52. The number of nitrogens with one attached hydrogen (secondary N) is 2. The van der Waals surface area contributed by atoms with E-state index in [4.69, 9.17) is 0 Å². The topological polar surface area (TPSA) is 77.2 Å². The Bertz CT molecular complexity index is 871. The van der Waals surface area contributed by atoms with Gasteiger partial charge in [-0.15, -0.1) is 0 Å². The van der Waals surface area contributed by atoms with Crippen molar-refractivity contribution in [2.45, 2.75) is 13.1 Å². The maximum Gasteiger partial charge on any atom is 0.270 e. The summed E-state index contributed by atoms with van der Waals surface area (Å²) in [6, 6.07) is 13.9. The summed E-state index contributed by atoms with van der Waals surface area (Å²) >= 11 is 0. The maximum absolute atomic E-state index is 12.4. The SMILES string of the molecule is O=C(c1ccc[nH]1)N1CCN(Cc2cnc(NCc3ccccc3)nc2)CC1. The van der Waals surface area contributed by atoms with Crippen LogP contribution in [-0.4, -0.2) is 56.8 Å². The molecule has 0 unspecified atom stereocenters. The Labute approximate surface area is 164 Å². The van der Waals surface area contributed by atoms with Crippen LogP contribution < -0.4 is 5.32 Å². The number of H-pyrrole nitrogens is 1. The van der Waals surface area contributed by atoms with Crippen molar-refractivity contribution in [2.24, 2.45) is 0 Å². The van der Waals surface area contributed by atoms with E-state index >= 15 is 0 Å². The first-order valence-corrected chi connectivity index (χ1v) is 9.52. The number of carbonyl (C=O) groups excluding carboxylic acids is 1. The number of aromatic amines is 1. The summed E-state index contributed by atoms with van der Waals surface area (Å²) in [4.78, 5) is 28.4. The third-order valence-corrected chi connectivity index (χ3v) is 4.89. The molecule has 2 N–H and O–H groups in total. The van der Waals surface area contributed by atoms with Crippen LogP contribution in [0.5, 0.6) is 0 Å². The second-order valence-electron chi connectivity index (χ2n) is 6.91. The lowest BCUT2D eigenvalue weighted by Crippen LogP contribution is -2.48. The molecule has 3 heterocycles.